The van der Waals surface area contributed by atoms with Crippen molar-refractivity contribution in [2.24, 2.45) is 5.92 Å². The second kappa shape index (κ2) is 8.98. The minimum atomic E-state index is 0.110. The van der Waals surface area contributed by atoms with Gasteiger partial charge in [0.25, 0.3) is 0 Å². The number of benzene rings is 2. The molecule has 1 aliphatic carbocycles. The predicted octanol–water partition coefficient (Wildman–Crippen LogP) is 4.05. The van der Waals surface area contributed by atoms with Crippen LogP contribution in [0.15, 0.2) is 48.8 Å². The number of anilines is 3. The Bertz CT molecular complexity index is 1430. The monoisotopic (exact) mass is 506 g/mol. The Morgan fingerprint density at radius 3 is 2.49 bits per heavy atom. The smallest absolute Gasteiger partial charge is 0.234 e. The Kier molecular flexibility index (Phi) is 5.66. The first-order chi connectivity index (χ1) is 17.0. The Morgan fingerprint density at radius 1 is 1.06 bits per heavy atom. The van der Waals surface area contributed by atoms with Crippen molar-refractivity contribution in [2.75, 3.05) is 41.7 Å². The van der Waals surface area contributed by atoms with Gasteiger partial charge in [0.05, 0.1) is 26.2 Å². The molecule has 6 rings (SSSR count). The number of aromatic nitrogens is 3. The number of H-pyrrole nitrogens is 2. The lowest BCUT2D eigenvalue weighted by Crippen LogP contribution is -2.51. The zero-order valence-corrected chi connectivity index (χ0v) is 20.5. The summed E-state index contributed by atoms with van der Waals surface area (Å²) >= 11 is 12.0. The number of amides is 1. The summed E-state index contributed by atoms with van der Waals surface area (Å²) in [4.78, 5) is 27.7. The fraction of sp³-hybridized carbons (Fsp3) is 0.280. The van der Waals surface area contributed by atoms with Crippen LogP contribution in [-0.2, 0) is 4.79 Å². The van der Waals surface area contributed by atoms with E-state index in [1.807, 2.05) is 42.5 Å². The molecule has 4 aromatic rings. The van der Waals surface area contributed by atoms with Crippen LogP contribution in [-0.4, -0.2) is 52.1 Å². The van der Waals surface area contributed by atoms with Crippen LogP contribution in [0.5, 0.6) is 0 Å². The molecule has 0 unspecified atom stereocenters. The molecule has 0 atom stereocenters. The molecule has 1 saturated carbocycles. The van der Waals surface area contributed by atoms with E-state index in [2.05, 4.69) is 35.4 Å². The largest absolute Gasteiger partial charge is 0.343 e. The van der Waals surface area contributed by atoms with Gasteiger partial charge in [-0.3, -0.25) is 9.69 Å². The molecule has 178 valence electrons. The van der Waals surface area contributed by atoms with E-state index in [1.165, 1.54) is 0 Å². The molecule has 0 radical (unpaired) electrons. The molecule has 3 heterocycles. The van der Waals surface area contributed by atoms with Crippen molar-refractivity contribution in [1.29, 1.82) is 0 Å². The predicted molar refractivity (Wildman–Crippen MR) is 143 cm³/mol. The van der Waals surface area contributed by atoms with Crippen molar-refractivity contribution >= 4 is 74.0 Å². The van der Waals surface area contributed by atoms with Crippen LogP contribution in [0.3, 0.4) is 0 Å². The van der Waals surface area contributed by atoms with E-state index in [9.17, 15) is 4.79 Å². The lowest BCUT2D eigenvalue weighted by Gasteiger charge is -2.34. The third-order valence-electron chi connectivity index (χ3n) is 6.61. The number of piperazine rings is 1. The number of carbonyl (C=O) groups excluding carboxylic acids is 1. The van der Waals surface area contributed by atoms with Gasteiger partial charge in [0.1, 0.15) is 5.39 Å². The molecule has 0 spiro atoms. The molecular weight excluding hydrogens is 482 g/mol. The second-order valence-electron chi connectivity index (χ2n) is 9.03. The topological polar surface area (TPSA) is 90.4 Å². The number of nitrogens with one attached hydrogen (secondary N) is 4. The molecule has 35 heavy (non-hydrogen) atoms. The Hall–Kier alpha value is -3.43. The van der Waals surface area contributed by atoms with Crippen LogP contribution in [0.25, 0.3) is 21.9 Å². The molecule has 1 saturated heterocycles. The maximum Gasteiger partial charge on any atom is 0.234 e. The summed E-state index contributed by atoms with van der Waals surface area (Å²) in [6, 6.07) is 13.5. The summed E-state index contributed by atoms with van der Waals surface area (Å²) in [6.45, 7) is 3.22. The average Bonchev–Trinajstić information content (AvgIpc) is 3.66. The maximum absolute atomic E-state index is 11.9. The van der Waals surface area contributed by atoms with E-state index in [-0.39, 0.29) is 11.8 Å². The summed E-state index contributed by atoms with van der Waals surface area (Å²) in [5, 5.41) is 9.79. The first-order valence-corrected chi connectivity index (χ1v) is 12.5. The van der Waals surface area contributed by atoms with Gasteiger partial charge in [-0.15, -0.1) is 0 Å². The molecule has 10 heteroatoms. The van der Waals surface area contributed by atoms with Crippen molar-refractivity contribution < 1.29 is 9.78 Å². The zero-order valence-electron chi connectivity index (χ0n) is 19.0. The van der Waals surface area contributed by atoms with E-state index in [4.69, 9.17) is 23.8 Å². The van der Waals surface area contributed by atoms with Gasteiger partial charge in [-0.2, -0.15) is 0 Å². The highest BCUT2D eigenvalue weighted by Gasteiger charge is 2.30. The highest BCUT2D eigenvalue weighted by atomic mass is 35.5. The van der Waals surface area contributed by atoms with Crippen LogP contribution in [0.4, 0.5) is 17.2 Å². The lowest BCUT2D eigenvalue weighted by molar-refractivity contribution is -0.367. The van der Waals surface area contributed by atoms with E-state index in [0.717, 1.165) is 78.1 Å². The van der Waals surface area contributed by atoms with Gasteiger partial charge in [0, 0.05) is 33.2 Å². The normalized spacial score (nSPS) is 16.0. The Morgan fingerprint density at radius 2 is 1.77 bits per heavy atom. The molecule has 2 aromatic carbocycles. The van der Waals surface area contributed by atoms with Gasteiger partial charge in [0.15, 0.2) is 5.11 Å². The van der Waals surface area contributed by atoms with E-state index < -0.39 is 0 Å². The number of hydrogen-bond donors (Lipinski definition) is 3. The van der Waals surface area contributed by atoms with Gasteiger partial charge in [-0.25, -0.2) is 4.98 Å². The molecule has 8 nitrogen and oxygen atoms in total. The van der Waals surface area contributed by atoms with Crippen LogP contribution in [0.2, 0.25) is 5.02 Å². The van der Waals surface area contributed by atoms with Crippen molar-refractivity contribution in [1.82, 2.24) is 14.9 Å². The summed E-state index contributed by atoms with van der Waals surface area (Å²) in [6.07, 6.45) is 3.71. The van der Waals surface area contributed by atoms with Crippen LogP contribution in [0.1, 0.15) is 12.8 Å². The minimum absolute atomic E-state index is 0.110. The van der Waals surface area contributed by atoms with Crippen LogP contribution < -0.4 is 20.5 Å². The van der Waals surface area contributed by atoms with E-state index in [1.54, 1.807) is 6.33 Å². The highest BCUT2D eigenvalue weighted by Crippen LogP contribution is 2.32. The lowest BCUT2D eigenvalue weighted by atomic mass is 10.2. The minimum Gasteiger partial charge on any atom is -0.343 e. The standard InChI is InChI=1S/C25H24ClN7OS/c26-16-3-8-20-19(13-16)21-22(31-20)27-14-28-23(21)32-9-11-33(12-10-32)25(35)30-18-6-4-17(5-7-18)29-24(34)15-1-2-15/h3-8,13-15H,1-2,9-12H2,(H,29,34)(H,30,35)(H,27,28,31)/p+1. The summed E-state index contributed by atoms with van der Waals surface area (Å²) in [5.74, 6) is 1.33. The second-order valence-corrected chi connectivity index (χ2v) is 9.86. The summed E-state index contributed by atoms with van der Waals surface area (Å²) in [5.41, 5.74) is 3.57. The van der Waals surface area contributed by atoms with Crippen LogP contribution in [0, 0.1) is 5.92 Å². The molecule has 1 aliphatic heterocycles. The molecule has 0 bridgehead atoms. The Balaban J connectivity index is 1.11. The number of nitrogens with zero attached hydrogens (tertiary/aromatic N) is 3. The SMILES string of the molecule is O=C(Nc1ccc(NC(=S)N2CCN(c3[nH+]cnc4[nH]c5ccc(Cl)cc5c34)CC2)cc1)C1CC1. The third kappa shape index (κ3) is 4.49. The number of fused-ring (bicyclic) bond motifs is 3. The highest BCUT2D eigenvalue weighted by molar-refractivity contribution is 7.80. The van der Waals surface area contributed by atoms with Crippen LogP contribution >= 0.6 is 23.8 Å². The van der Waals surface area contributed by atoms with Crippen molar-refractivity contribution in [3.63, 3.8) is 0 Å². The van der Waals surface area contributed by atoms with Crippen molar-refractivity contribution in [3.8, 4) is 0 Å². The van der Waals surface area contributed by atoms with Crippen molar-refractivity contribution in [3.05, 3.63) is 53.8 Å². The maximum atomic E-state index is 11.9. The van der Waals surface area contributed by atoms with Gasteiger partial charge in [-0.1, -0.05) is 16.6 Å². The average molecular weight is 507 g/mol. The van der Waals surface area contributed by atoms with Gasteiger partial charge in [0.2, 0.25) is 23.7 Å². The quantitative estimate of drug-likeness (QED) is 0.362. The summed E-state index contributed by atoms with van der Waals surface area (Å²) in [7, 11) is 0. The molecule has 2 aromatic heterocycles. The fourth-order valence-electron chi connectivity index (χ4n) is 4.53. The Labute approximate surface area is 212 Å². The molecule has 4 N–H and O–H groups in total. The van der Waals surface area contributed by atoms with E-state index in [0.29, 0.717) is 10.1 Å². The first-order valence-electron chi connectivity index (χ1n) is 11.7. The first kappa shape index (κ1) is 22.1. The number of aromatic amines is 2. The number of thiocarbonyl (C=S) groups is 1. The third-order valence-corrected chi connectivity index (χ3v) is 7.20. The number of hydrogen-bond acceptors (Lipinski definition) is 4. The molecule has 1 amide bonds. The fourth-order valence-corrected chi connectivity index (χ4v) is 5.00. The van der Waals surface area contributed by atoms with Crippen molar-refractivity contribution in [2.45, 2.75) is 12.8 Å². The number of halogens is 1. The van der Waals surface area contributed by atoms with Gasteiger partial charge in [-0.05, 0) is 67.5 Å². The van der Waals surface area contributed by atoms with Gasteiger partial charge >= 0.3 is 0 Å². The molecule has 2 aliphatic rings. The van der Waals surface area contributed by atoms with Gasteiger partial charge < -0.3 is 20.5 Å². The summed E-state index contributed by atoms with van der Waals surface area (Å²) < 4.78 is 0. The number of carbonyl (C=O) groups is 1. The molecular formula is C25H25ClN7OS+. The van der Waals surface area contributed by atoms with E-state index >= 15 is 0 Å². The zero-order chi connectivity index (χ0) is 23.9. The number of rotatable bonds is 4. The molecule has 2 fully saturated rings.